The number of nitrogens with two attached hydrogens (primary N) is 1. The summed E-state index contributed by atoms with van der Waals surface area (Å²) in [5.41, 5.74) is 7.28. The molecular formula is C16H20N4O. The lowest BCUT2D eigenvalue weighted by Crippen LogP contribution is -2.22. The Labute approximate surface area is 124 Å². The molecule has 0 atom stereocenters. The second-order valence-electron chi connectivity index (χ2n) is 4.80. The number of aryl methyl sites for hydroxylation is 1. The first-order chi connectivity index (χ1) is 10.2. The Bertz CT molecular complexity index is 573. The summed E-state index contributed by atoms with van der Waals surface area (Å²) < 4.78 is 2.03. The summed E-state index contributed by atoms with van der Waals surface area (Å²) in [5, 5.41) is 2.87. The van der Waals surface area contributed by atoms with Crippen molar-refractivity contribution in [1.29, 1.82) is 0 Å². The zero-order valence-electron chi connectivity index (χ0n) is 11.9. The van der Waals surface area contributed by atoms with Gasteiger partial charge in [-0.05, 0) is 36.6 Å². The van der Waals surface area contributed by atoms with E-state index in [4.69, 9.17) is 5.73 Å². The molecule has 0 aliphatic rings. The molecule has 3 N–H and O–H groups in total. The molecule has 5 nitrogen and oxygen atoms in total. The fraction of sp³-hybridized carbons (Fsp3) is 0.250. The van der Waals surface area contributed by atoms with Gasteiger partial charge in [0.2, 0.25) is 5.91 Å². The van der Waals surface area contributed by atoms with Gasteiger partial charge >= 0.3 is 0 Å². The van der Waals surface area contributed by atoms with Gasteiger partial charge in [-0.1, -0.05) is 12.1 Å². The molecule has 1 amide bonds. The minimum absolute atomic E-state index is 0.0746. The number of anilines is 1. The van der Waals surface area contributed by atoms with Crippen molar-refractivity contribution in [3.8, 4) is 0 Å². The van der Waals surface area contributed by atoms with Crippen molar-refractivity contribution in [2.45, 2.75) is 19.4 Å². The van der Waals surface area contributed by atoms with Gasteiger partial charge < -0.3 is 15.6 Å². The molecule has 0 saturated heterocycles. The van der Waals surface area contributed by atoms with E-state index < -0.39 is 0 Å². The second-order valence-corrected chi connectivity index (χ2v) is 4.80. The van der Waals surface area contributed by atoms with E-state index >= 15 is 0 Å². The minimum Gasteiger partial charge on any atom is -0.399 e. The Balaban J connectivity index is 1.62. The van der Waals surface area contributed by atoms with Crippen molar-refractivity contribution in [2.75, 3.05) is 12.3 Å². The van der Waals surface area contributed by atoms with Crippen LogP contribution in [-0.4, -0.2) is 22.0 Å². The van der Waals surface area contributed by atoms with Crippen LogP contribution in [0.5, 0.6) is 0 Å². The molecule has 21 heavy (non-hydrogen) atoms. The van der Waals surface area contributed by atoms with Gasteiger partial charge in [0.05, 0.1) is 6.33 Å². The number of carbonyl (C=O) groups is 1. The number of unbranched alkanes of at least 4 members (excludes halogenated alkanes) is 1. The number of nitrogens with one attached hydrogen (secondary N) is 1. The molecule has 2 aromatic rings. The molecule has 5 heteroatoms. The zero-order valence-corrected chi connectivity index (χ0v) is 11.9. The molecule has 0 radical (unpaired) electrons. The molecule has 0 aliphatic heterocycles. The largest absolute Gasteiger partial charge is 0.399 e. The molecule has 0 spiro atoms. The number of nitrogens with zero attached hydrogens (tertiary/aromatic N) is 2. The number of amides is 1. The molecule has 0 bridgehead atoms. The van der Waals surface area contributed by atoms with Gasteiger partial charge in [-0.25, -0.2) is 4.98 Å². The van der Waals surface area contributed by atoms with E-state index in [-0.39, 0.29) is 5.91 Å². The summed E-state index contributed by atoms with van der Waals surface area (Å²) >= 11 is 0. The molecule has 0 aliphatic carbocycles. The van der Waals surface area contributed by atoms with Crippen LogP contribution in [-0.2, 0) is 11.3 Å². The summed E-state index contributed by atoms with van der Waals surface area (Å²) in [5.74, 6) is -0.0746. The number of hydrogen-bond donors (Lipinski definition) is 2. The van der Waals surface area contributed by atoms with Crippen molar-refractivity contribution < 1.29 is 4.79 Å². The van der Waals surface area contributed by atoms with Crippen molar-refractivity contribution in [3.05, 3.63) is 54.6 Å². The predicted octanol–water partition coefficient (Wildman–Crippen LogP) is 2.08. The third-order valence-corrected chi connectivity index (χ3v) is 3.07. The average molecular weight is 284 g/mol. The summed E-state index contributed by atoms with van der Waals surface area (Å²) in [6, 6.07) is 7.38. The van der Waals surface area contributed by atoms with Crippen molar-refractivity contribution in [1.82, 2.24) is 14.9 Å². The molecule has 2 rings (SSSR count). The van der Waals surface area contributed by atoms with E-state index in [0.717, 1.165) is 30.6 Å². The second kappa shape index (κ2) is 7.89. The number of imidazole rings is 1. The van der Waals surface area contributed by atoms with Crippen molar-refractivity contribution in [3.63, 3.8) is 0 Å². The molecule has 1 aromatic heterocycles. The highest BCUT2D eigenvalue weighted by Crippen LogP contribution is 2.06. The lowest BCUT2D eigenvalue weighted by Gasteiger charge is -2.03. The predicted molar refractivity (Wildman–Crippen MR) is 84.4 cm³/mol. The lowest BCUT2D eigenvalue weighted by atomic mass is 10.2. The Morgan fingerprint density at radius 2 is 2.10 bits per heavy atom. The fourth-order valence-corrected chi connectivity index (χ4v) is 1.89. The normalized spacial score (nSPS) is 10.9. The molecule has 0 saturated carbocycles. The van der Waals surface area contributed by atoms with Crippen LogP contribution < -0.4 is 11.1 Å². The third kappa shape index (κ3) is 5.52. The van der Waals surface area contributed by atoms with Gasteiger partial charge in [0.15, 0.2) is 0 Å². The number of rotatable bonds is 7. The number of hydrogen-bond acceptors (Lipinski definition) is 3. The fourth-order valence-electron chi connectivity index (χ4n) is 1.89. The monoisotopic (exact) mass is 284 g/mol. The molecular weight excluding hydrogens is 264 g/mol. The first-order valence-electron chi connectivity index (χ1n) is 7.01. The van der Waals surface area contributed by atoms with E-state index in [2.05, 4.69) is 10.3 Å². The summed E-state index contributed by atoms with van der Waals surface area (Å²) in [7, 11) is 0. The average Bonchev–Trinajstić information content (AvgIpc) is 2.99. The van der Waals surface area contributed by atoms with Crippen molar-refractivity contribution >= 4 is 17.7 Å². The van der Waals surface area contributed by atoms with Crippen LogP contribution in [0.15, 0.2) is 49.1 Å². The number of nitrogen functional groups attached to an aromatic ring is 1. The Morgan fingerprint density at radius 1 is 1.29 bits per heavy atom. The first kappa shape index (κ1) is 14.8. The standard InChI is InChI=1S/C16H20N4O/c17-15-6-3-14(4-7-15)5-8-16(21)19-9-1-2-11-20-12-10-18-13-20/h3-8,10,12-13H,1-2,9,11,17H2,(H,19,21)/b8-5+. The van der Waals surface area contributed by atoms with E-state index in [9.17, 15) is 4.79 Å². The van der Waals surface area contributed by atoms with Crippen LogP contribution in [0.4, 0.5) is 5.69 Å². The van der Waals surface area contributed by atoms with E-state index in [1.165, 1.54) is 0 Å². The van der Waals surface area contributed by atoms with Crippen LogP contribution in [0.1, 0.15) is 18.4 Å². The van der Waals surface area contributed by atoms with Crippen LogP contribution in [0.2, 0.25) is 0 Å². The van der Waals surface area contributed by atoms with Gasteiger partial charge in [0, 0.05) is 37.2 Å². The smallest absolute Gasteiger partial charge is 0.243 e. The Kier molecular flexibility index (Phi) is 5.58. The minimum atomic E-state index is -0.0746. The first-order valence-corrected chi connectivity index (χ1v) is 7.01. The quantitative estimate of drug-likeness (QED) is 0.464. The van der Waals surface area contributed by atoms with Crippen LogP contribution in [0, 0.1) is 0 Å². The van der Waals surface area contributed by atoms with E-state index in [1.54, 1.807) is 24.7 Å². The van der Waals surface area contributed by atoms with Gasteiger partial charge in [-0.15, -0.1) is 0 Å². The maximum Gasteiger partial charge on any atom is 0.243 e. The lowest BCUT2D eigenvalue weighted by molar-refractivity contribution is -0.116. The summed E-state index contributed by atoms with van der Waals surface area (Å²) in [6.07, 6.45) is 10.8. The Morgan fingerprint density at radius 3 is 2.81 bits per heavy atom. The SMILES string of the molecule is Nc1ccc(/C=C/C(=O)NCCCCn2ccnc2)cc1. The van der Waals surface area contributed by atoms with Crippen LogP contribution in [0.3, 0.4) is 0 Å². The number of aromatic nitrogens is 2. The van der Waals surface area contributed by atoms with E-state index in [0.29, 0.717) is 6.54 Å². The topological polar surface area (TPSA) is 72.9 Å². The van der Waals surface area contributed by atoms with E-state index in [1.807, 2.05) is 35.0 Å². The number of benzene rings is 1. The maximum absolute atomic E-state index is 11.6. The van der Waals surface area contributed by atoms with Crippen molar-refractivity contribution in [2.24, 2.45) is 0 Å². The maximum atomic E-state index is 11.6. The van der Waals surface area contributed by atoms with Crippen LogP contribution >= 0.6 is 0 Å². The highest BCUT2D eigenvalue weighted by atomic mass is 16.1. The Hall–Kier alpha value is -2.56. The highest BCUT2D eigenvalue weighted by molar-refractivity contribution is 5.91. The molecule has 1 heterocycles. The molecule has 0 fully saturated rings. The van der Waals surface area contributed by atoms with Gasteiger partial charge in [0.1, 0.15) is 0 Å². The van der Waals surface area contributed by atoms with Gasteiger partial charge in [-0.2, -0.15) is 0 Å². The molecule has 110 valence electrons. The number of carbonyl (C=O) groups excluding carboxylic acids is 1. The summed E-state index contributed by atoms with van der Waals surface area (Å²) in [4.78, 5) is 15.6. The highest BCUT2D eigenvalue weighted by Gasteiger charge is 1.96. The molecule has 0 unspecified atom stereocenters. The third-order valence-electron chi connectivity index (χ3n) is 3.07. The van der Waals surface area contributed by atoms with Crippen LogP contribution in [0.25, 0.3) is 6.08 Å². The summed E-state index contributed by atoms with van der Waals surface area (Å²) in [6.45, 7) is 1.61. The zero-order chi connectivity index (χ0) is 14.9. The van der Waals surface area contributed by atoms with Gasteiger partial charge in [-0.3, -0.25) is 4.79 Å². The molecule has 1 aromatic carbocycles. The van der Waals surface area contributed by atoms with Gasteiger partial charge in [0.25, 0.3) is 0 Å².